The zero-order valence-corrected chi connectivity index (χ0v) is 23.0. The van der Waals surface area contributed by atoms with E-state index in [9.17, 15) is 5.11 Å². The molecule has 0 saturated heterocycles. The van der Waals surface area contributed by atoms with Gasteiger partial charge in [-0.25, -0.2) is 0 Å². The third-order valence-corrected chi connectivity index (χ3v) is 8.11. The summed E-state index contributed by atoms with van der Waals surface area (Å²) >= 11 is 0. The van der Waals surface area contributed by atoms with E-state index in [1.54, 1.807) is 7.11 Å². The van der Waals surface area contributed by atoms with Crippen LogP contribution in [0.15, 0.2) is 66.5 Å². The van der Waals surface area contributed by atoms with E-state index in [0.717, 1.165) is 44.7 Å². The number of benzene rings is 2. The fraction of sp³-hybridized carbons (Fsp3) is 0.500. The number of phenols is 1. The first-order valence-electron chi connectivity index (χ1n) is 13.4. The molecule has 0 aromatic heterocycles. The van der Waals surface area contributed by atoms with Gasteiger partial charge in [0.05, 0.1) is 7.11 Å². The van der Waals surface area contributed by atoms with Gasteiger partial charge in [0.2, 0.25) is 0 Å². The second kappa shape index (κ2) is 11.2. The number of aryl methyl sites for hydroxylation is 1. The normalized spacial score (nSPS) is 22.0. The van der Waals surface area contributed by atoms with Crippen LogP contribution in [0.2, 0.25) is 0 Å². The van der Waals surface area contributed by atoms with Crippen LogP contribution in [0.1, 0.15) is 49.4 Å². The Bertz CT molecular complexity index is 1080. The molecule has 4 heteroatoms. The second-order valence-corrected chi connectivity index (χ2v) is 11.5. The van der Waals surface area contributed by atoms with Crippen LogP contribution in [0.3, 0.4) is 0 Å². The predicted molar refractivity (Wildman–Crippen MR) is 149 cm³/mol. The van der Waals surface area contributed by atoms with Crippen molar-refractivity contribution in [2.75, 3.05) is 34.3 Å². The number of nitrogens with zero attached hydrogens (tertiary/aromatic N) is 2. The molecule has 36 heavy (non-hydrogen) atoms. The first-order chi connectivity index (χ1) is 17.2. The maximum Gasteiger partial charge on any atom is 0.116 e. The van der Waals surface area contributed by atoms with Gasteiger partial charge in [-0.3, -0.25) is 4.90 Å². The smallest absolute Gasteiger partial charge is 0.116 e. The molecule has 4 rings (SSSR count). The van der Waals surface area contributed by atoms with E-state index >= 15 is 0 Å². The van der Waals surface area contributed by atoms with Crippen molar-refractivity contribution in [3.8, 4) is 5.75 Å². The maximum absolute atomic E-state index is 9.90. The summed E-state index contributed by atoms with van der Waals surface area (Å²) in [4.78, 5) is 4.86. The third-order valence-electron chi connectivity index (χ3n) is 8.11. The van der Waals surface area contributed by atoms with Crippen molar-refractivity contribution in [3.05, 3.63) is 88.7 Å². The highest BCUT2D eigenvalue weighted by molar-refractivity contribution is 5.37. The minimum atomic E-state index is 0.121. The Hall–Kier alpha value is -2.56. The Kier molecular flexibility index (Phi) is 8.27. The Morgan fingerprint density at radius 3 is 2.47 bits per heavy atom. The average Bonchev–Trinajstić information content (AvgIpc) is 2.86. The molecule has 0 spiro atoms. The number of fused-ring (bicyclic) bond motifs is 1. The molecule has 0 fully saturated rings. The van der Waals surface area contributed by atoms with Crippen LogP contribution in [0, 0.1) is 11.8 Å². The van der Waals surface area contributed by atoms with Gasteiger partial charge in [0, 0.05) is 24.5 Å². The van der Waals surface area contributed by atoms with Gasteiger partial charge in [0.25, 0.3) is 0 Å². The lowest BCUT2D eigenvalue weighted by atomic mass is 9.72. The van der Waals surface area contributed by atoms with Gasteiger partial charge in [0.1, 0.15) is 11.5 Å². The van der Waals surface area contributed by atoms with Crippen LogP contribution in [-0.4, -0.2) is 55.2 Å². The maximum atomic E-state index is 9.90. The molecule has 0 bridgehead atoms. The molecule has 2 unspecified atom stereocenters. The zero-order chi connectivity index (χ0) is 25.9. The highest BCUT2D eigenvalue weighted by atomic mass is 16.5. The molecule has 0 amide bonds. The number of allylic oxidation sites excluding steroid dienone is 1. The highest BCUT2D eigenvalue weighted by Crippen LogP contribution is 2.38. The second-order valence-electron chi connectivity index (χ2n) is 11.5. The summed E-state index contributed by atoms with van der Waals surface area (Å²) in [6, 6.07) is 15.4. The fourth-order valence-corrected chi connectivity index (χ4v) is 6.28. The first kappa shape index (κ1) is 26.5. The molecular weight excluding hydrogens is 444 g/mol. The molecule has 0 aliphatic heterocycles. The topological polar surface area (TPSA) is 35.9 Å². The zero-order valence-electron chi connectivity index (χ0n) is 23.0. The lowest BCUT2D eigenvalue weighted by Gasteiger charge is -2.41. The van der Waals surface area contributed by atoms with Crippen molar-refractivity contribution in [1.29, 1.82) is 0 Å². The number of hydrogen-bond acceptors (Lipinski definition) is 4. The first-order valence-corrected chi connectivity index (χ1v) is 13.4. The number of likely N-dealkylation sites (N-methyl/N-ethyl adjacent to an activating group) is 2. The lowest BCUT2D eigenvalue weighted by Crippen LogP contribution is -2.43. The van der Waals surface area contributed by atoms with Gasteiger partial charge >= 0.3 is 0 Å². The SMILES string of the molecule is CCN(Cc1ccc(C(C)(C)CN(C)C)cc1)C1C=C(OC)C=CC1[C@@H]1CCc2cc(O)ccc2C1. The summed E-state index contributed by atoms with van der Waals surface area (Å²) in [7, 11) is 6.04. The Morgan fingerprint density at radius 2 is 1.81 bits per heavy atom. The third kappa shape index (κ3) is 6.04. The standard InChI is InChI=1S/C32H44N2O2/c1-7-34(21-23-8-13-27(14-9-23)32(2,3)22-33(4)5)31-20-29(36-6)16-17-30(31)26-11-10-25-19-28(35)15-12-24(25)18-26/h8-9,12-17,19-20,26,30-31,35H,7,10-11,18,21-22H2,1-6H3/t26-,30?,31?/m1/s1. The van der Waals surface area contributed by atoms with Gasteiger partial charge < -0.3 is 14.7 Å². The number of rotatable bonds is 9. The van der Waals surface area contributed by atoms with Gasteiger partial charge in [-0.2, -0.15) is 0 Å². The van der Waals surface area contributed by atoms with Crippen LogP contribution in [0.25, 0.3) is 0 Å². The van der Waals surface area contributed by atoms with Gasteiger partial charge in [-0.05, 0) is 98.3 Å². The van der Waals surface area contributed by atoms with Crippen molar-refractivity contribution < 1.29 is 9.84 Å². The molecule has 194 valence electrons. The molecule has 1 N–H and O–H groups in total. The van der Waals surface area contributed by atoms with E-state index in [2.05, 4.69) is 93.2 Å². The van der Waals surface area contributed by atoms with Crippen LogP contribution < -0.4 is 0 Å². The predicted octanol–water partition coefficient (Wildman–Crippen LogP) is 5.94. The minimum absolute atomic E-state index is 0.121. The average molecular weight is 489 g/mol. The molecule has 2 aromatic carbocycles. The molecule has 2 aromatic rings. The fourth-order valence-electron chi connectivity index (χ4n) is 6.28. The van der Waals surface area contributed by atoms with Gasteiger partial charge in [-0.15, -0.1) is 0 Å². The van der Waals surface area contributed by atoms with E-state index in [4.69, 9.17) is 4.74 Å². The molecule has 4 nitrogen and oxygen atoms in total. The number of aromatic hydroxyl groups is 1. The van der Waals surface area contributed by atoms with E-state index in [0.29, 0.717) is 23.6 Å². The summed E-state index contributed by atoms with van der Waals surface area (Å²) < 4.78 is 5.67. The molecule has 0 heterocycles. The molecular formula is C32H44N2O2. The summed E-state index contributed by atoms with van der Waals surface area (Å²) in [5, 5.41) is 9.90. The van der Waals surface area contributed by atoms with Crippen LogP contribution >= 0.6 is 0 Å². The monoisotopic (exact) mass is 488 g/mol. The summed E-state index contributed by atoms with van der Waals surface area (Å²) in [6.07, 6.45) is 10.1. The molecule has 0 saturated carbocycles. The number of hydrogen-bond donors (Lipinski definition) is 1. The van der Waals surface area contributed by atoms with E-state index in [-0.39, 0.29) is 5.41 Å². The van der Waals surface area contributed by atoms with E-state index in [1.165, 1.54) is 22.3 Å². The molecule has 2 aliphatic rings. The number of phenolic OH excluding ortho intramolecular Hbond substituents is 1. The lowest BCUT2D eigenvalue weighted by molar-refractivity contribution is 0.147. The van der Waals surface area contributed by atoms with Gasteiger partial charge in [-0.1, -0.05) is 57.2 Å². The van der Waals surface area contributed by atoms with Crippen LogP contribution in [0.5, 0.6) is 5.75 Å². The van der Waals surface area contributed by atoms with Crippen molar-refractivity contribution in [2.24, 2.45) is 11.8 Å². The Labute approximate surface area is 218 Å². The van der Waals surface area contributed by atoms with Crippen molar-refractivity contribution in [2.45, 2.75) is 58.0 Å². The summed E-state index contributed by atoms with van der Waals surface area (Å²) in [5.74, 6) is 2.34. The summed E-state index contributed by atoms with van der Waals surface area (Å²) in [5.41, 5.74) is 5.55. The van der Waals surface area contributed by atoms with Gasteiger partial charge in [0.15, 0.2) is 0 Å². The molecule has 3 atom stereocenters. The number of ether oxygens (including phenoxy) is 1. The number of methoxy groups -OCH3 is 1. The van der Waals surface area contributed by atoms with Crippen molar-refractivity contribution in [1.82, 2.24) is 9.80 Å². The van der Waals surface area contributed by atoms with E-state index in [1.807, 2.05) is 12.1 Å². The van der Waals surface area contributed by atoms with E-state index < -0.39 is 0 Å². The molecule has 2 aliphatic carbocycles. The van der Waals surface area contributed by atoms with Crippen molar-refractivity contribution in [3.63, 3.8) is 0 Å². The molecule has 0 radical (unpaired) electrons. The minimum Gasteiger partial charge on any atom is -0.508 e. The highest BCUT2D eigenvalue weighted by Gasteiger charge is 2.34. The quantitative estimate of drug-likeness (QED) is 0.474. The Morgan fingerprint density at radius 1 is 1.06 bits per heavy atom. The Balaban J connectivity index is 1.53. The van der Waals surface area contributed by atoms with Crippen LogP contribution in [-0.2, 0) is 29.5 Å². The summed E-state index contributed by atoms with van der Waals surface area (Å²) in [6.45, 7) is 9.83. The van der Waals surface area contributed by atoms with Crippen LogP contribution in [0.4, 0.5) is 0 Å². The largest absolute Gasteiger partial charge is 0.508 e. The van der Waals surface area contributed by atoms with Crippen molar-refractivity contribution >= 4 is 0 Å².